The van der Waals surface area contributed by atoms with Crippen molar-refractivity contribution < 1.29 is 4.39 Å². The quantitative estimate of drug-likeness (QED) is 0.730. The van der Waals surface area contributed by atoms with E-state index < -0.39 is 0 Å². The molecule has 0 saturated carbocycles. The number of benzene rings is 1. The summed E-state index contributed by atoms with van der Waals surface area (Å²) in [5.41, 5.74) is 1.75. The SMILES string of the molecule is C=CC(NCCC)c1ccc(F)c(C)c1. The van der Waals surface area contributed by atoms with Gasteiger partial charge in [-0.25, -0.2) is 4.39 Å². The summed E-state index contributed by atoms with van der Waals surface area (Å²) in [6.07, 6.45) is 2.92. The van der Waals surface area contributed by atoms with Gasteiger partial charge in [-0.15, -0.1) is 6.58 Å². The number of hydrogen-bond donors (Lipinski definition) is 1. The van der Waals surface area contributed by atoms with E-state index in [1.54, 1.807) is 13.0 Å². The minimum absolute atomic E-state index is 0.115. The van der Waals surface area contributed by atoms with Crippen LogP contribution in [0, 0.1) is 12.7 Å². The molecule has 0 fully saturated rings. The molecule has 1 atom stereocenters. The zero-order valence-electron chi connectivity index (χ0n) is 9.39. The fourth-order valence-electron chi connectivity index (χ4n) is 1.50. The standard InChI is InChI=1S/C13H18FN/c1-4-8-15-13(5-2)11-6-7-12(14)10(3)9-11/h5-7,9,13,15H,2,4,8H2,1,3H3. The summed E-state index contributed by atoms with van der Waals surface area (Å²) in [6, 6.07) is 5.29. The van der Waals surface area contributed by atoms with E-state index in [1.165, 1.54) is 6.07 Å². The Balaban J connectivity index is 2.82. The smallest absolute Gasteiger partial charge is 0.126 e. The Kier molecular flexibility index (Phi) is 4.50. The van der Waals surface area contributed by atoms with E-state index >= 15 is 0 Å². The molecule has 1 unspecified atom stereocenters. The third-order valence-corrected chi connectivity index (χ3v) is 2.39. The molecule has 0 aliphatic heterocycles. The number of nitrogens with one attached hydrogen (secondary N) is 1. The first-order valence-corrected chi connectivity index (χ1v) is 5.31. The minimum atomic E-state index is -0.156. The number of aryl methyl sites for hydroxylation is 1. The van der Waals surface area contributed by atoms with E-state index in [0.29, 0.717) is 5.56 Å². The van der Waals surface area contributed by atoms with Crippen molar-refractivity contribution in [1.29, 1.82) is 0 Å². The van der Waals surface area contributed by atoms with Gasteiger partial charge >= 0.3 is 0 Å². The van der Waals surface area contributed by atoms with Crippen molar-refractivity contribution in [2.75, 3.05) is 6.54 Å². The maximum absolute atomic E-state index is 13.1. The van der Waals surface area contributed by atoms with Gasteiger partial charge in [-0.2, -0.15) is 0 Å². The molecular weight excluding hydrogens is 189 g/mol. The fraction of sp³-hybridized carbons (Fsp3) is 0.385. The van der Waals surface area contributed by atoms with Crippen molar-refractivity contribution in [2.45, 2.75) is 26.3 Å². The van der Waals surface area contributed by atoms with Crippen LogP contribution in [-0.4, -0.2) is 6.54 Å². The van der Waals surface area contributed by atoms with Crippen LogP contribution in [0.15, 0.2) is 30.9 Å². The van der Waals surface area contributed by atoms with Gasteiger partial charge in [0.1, 0.15) is 5.82 Å². The third kappa shape index (κ3) is 3.17. The van der Waals surface area contributed by atoms with Crippen LogP contribution >= 0.6 is 0 Å². The van der Waals surface area contributed by atoms with Crippen molar-refractivity contribution in [1.82, 2.24) is 5.32 Å². The predicted molar refractivity (Wildman–Crippen MR) is 62.4 cm³/mol. The van der Waals surface area contributed by atoms with Crippen LogP contribution in [0.4, 0.5) is 4.39 Å². The summed E-state index contributed by atoms with van der Waals surface area (Å²) < 4.78 is 13.1. The van der Waals surface area contributed by atoms with Gasteiger partial charge in [-0.05, 0) is 37.1 Å². The van der Waals surface area contributed by atoms with E-state index in [2.05, 4.69) is 18.8 Å². The molecule has 82 valence electrons. The monoisotopic (exact) mass is 207 g/mol. The lowest BCUT2D eigenvalue weighted by Gasteiger charge is -2.15. The Morgan fingerprint density at radius 3 is 2.80 bits per heavy atom. The first kappa shape index (κ1) is 11.9. The summed E-state index contributed by atoms with van der Waals surface area (Å²) in [4.78, 5) is 0. The summed E-state index contributed by atoms with van der Waals surface area (Å²) in [5, 5.41) is 3.34. The molecule has 1 aromatic rings. The predicted octanol–water partition coefficient (Wildman–Crippen LogP) is 3.36. The van der Waals surface area contributed by atoms with Gasteiger partial charge in [0.15, 0.2) is 0 Å². The molecule has 1 nitrogen and oxygen atoms in total. The summed E-state index contributed by atoms with van der Waals surface area (Å²) in [7, 11) is 0. The van der Waals surface area contributed by atoms with Crippen LogP contribution in [-0.2, 0) is 0 Å². The average molecular weight is 207 g/mol. The second-order valence-electron chi connectivity index (χ2n) is 3.68. The summed E-state index contributed by atoms with van der Waals surface area (Å²) >= 11 is 0. The highest BCUT2D eigenvalue weighted by molar-refractivity contribution is 5.28. The van der Waals surface area contributed by atoms with E-state index in [4.69, 9.17) is 0 Å². The Labute approximate surface area is 91.0 Å². The van der Waals surface area contributed by atoms with Gasteiger partial charge in [-0.3, -0.25) is 0 Å². The molecule has 0 saturated heterocycles. The van der Waals surface area contributed by atoms with Crippen LogP contribution in [0.2, 0.25) is 0 Å². The zero-order valence-corrected chi connectivity index (χ0v) is 9.39. The Bertz CT molecular complexity index is 333. The van der Waals surface area contributed by atoms with Gasteiger partial charge in [0.2, 0.25) is 0 Å². The molecule has 1 N–H and O–H groups in total. The highest BCUT2D eigenvalue weighted by Gasteiger charge is 2.07. The first-order valence-electron chi connectivity index (χ1n) is 5.31. The number of rotatable bonds is 5. The largest absolute Gasteiger partial charge is 0.307 e. The molecule has 0 amide bonds. The van der Waals surface area contributed by atoms with E-state index in [1.807, 2.05) is 12.1 Å². The topological polar surface area (TPSA) is 12.0 Å². The molecule has 1 rings (SSSR count). The van der Waals surface area contributed by atoms with Crippen LogP contribution < -0.4 is 5.32 Å². The molecule has 0 aliphatic rings. The molecule has 0 aromatic heterocycles. The zero-order chi connectivity index (χ0) is 11.3. The Morgan fingerprint density at radius 2 is 2.27 bits per heavy atom. The molecule has 0 heterocycles. The minimum Gasteiger partial charge on any atom is -0.307 e. The molecule has 0 bridgehead atoms. The van der Waals surface area contributed by atoms with Crippen molar-refractivity contribution in [3.05, 3.63) is 47.8 Å². The third-order valence-electron chi connectivity index (χ3n) is 2.39. The van der Waals surface area contributed by atoms with E-state index in [-0.39, 0.29) is 11.9 Å². The normalized spacial score (nSPS) is 12.5. The van der Waals surface area contributed by atoms with E-state index in [0.717, 1.165) is 18.5 Å². The molecule has 0 aliphatic carbocycles. The van der Waals surface area contributed by atoms with Gasteiger partial charge in [0.25, 0.3) is 0 Å². The van der Waals surface area contributed by atoms with Crippen LogP contribution in [0.1, 0.15) is 30.5 Å². The summed E-state index contributed by atoms with van der Waals surface area (Å²) in [5.74, 6) is -0.156. The van der Waals surface area contributed by atoms with Gasteiger partial charge < -0.3 is 5.32 Å². The summed E-state index contributed by atoms with van der Waals surface area (Å²) in [6.45, 7) is 8.61. The van der Waals surface area contributed by atoms with Crippen molar-refractivity contribution in [3.8, 4) is 0 Å². The number of halogens is 1. The fourth-order valence-corrected chi connectivity index (χ4v) is 1.50. The van der Waals surface area contributed by atoms with Crippen molar-refractivity contribution in [3.63, 3.8) is 0 Å². The highest BCUT2D eigenvalue weighted by Crippen LogP contribution is 2.17. The lowest BCUT2D eigenvalue weighted by molar-refractivity contribution is 0.600. The first-order chi connectivity index (χ1) is 7.19. The van der Waals surface area contributed by atoms with Gasteiger partial charge in [0, 0.05) is 0 Å². The van der Waals surface area contributed by atoms with Crippen LogP contribution in [0.25, 0.3) is 0 Å². The van der Waals surface area contributed by atoms with Gasteiger partial charge in [-0.1, -0.05) is 25.1 Å². The lowest BCUT2D eigenvalue weighted by Crippen LogP contribution is -2.20. The maximum Gasteiger partial charge on any atom is 0.126 e. The Hall–Kier alpha value is -1.15. The Morgan fingerprint density at radius 1 is 1.53 bits per heavy atom. The second kappa shape index (κ2) is 5.66. The molecule has 2 heteroatoms. The van der Waals surface area contributed by atoms with E-state index in [9.17, 15) is 4.39 Å². The highest BCUT2D eigenvalue weighted by atomic mass is 19.1. The second-order valence-corrected chi connectivity index (χ2v) is 3.68. The molecule has 0 spiro atoms. The number of hydrogen-bond acceptors (Lipinski definition) is 1. The maximum atomic E-state index is 13.1. The van der Waals surface area contributed by atoms with Crippen LogP contribution in [0.3, 0.4) is 0 Å². The molecule has 15 heavy (non-hydrogen) atoms. The lowest BCUT2D eigenvalue weighted by atomic mass is 10.0. The molecule has 1 aromatic carbocycles. The van der Waals surface area contributed by atoms with Crippen molar-refractivity contribution in [2.24, 2.45) is 0 Å². The average Bonchev–Trinajstić information content (AvgIpc) is 2.24. The molecular formula is C13H18FN. The molecule has 0 radical (unpaired) electrons. The van der Waals surface area contributed by atoms with Gasteiger partial charge in [0.05, 0.1) is 6.04 Å². The van der Waals surface area contributed by atoms with Crippen LogP contribution in [0.5, 0.6) is 0 Å². The van der Waals surface area contributed by atoms with Crippen molar-refractivity contribution >= 4 is 0 Å².